The Morgan fingerprint density at radius 2 is 2.04 bits per heavy atom. The van der Waals surface area contributed by atoms with E-state index in [9.17, 15) is 0 Å². The Morgan fingerprint density at radius 3 is 2.87 bits per heavy atom. The number of aromatic nitrogens is 4. The van der Waals surface area contributed by atoms with Gasteiger partial charge in [0.25, 0.3) is 0 Å². The van der Waals surface area contributed by atoms with Crippen molar-refractivity contribution in [3.63, 3.8) is 0 Å². The molecule has 4 rings (SSSR count). The van der Waals surface area contributed by atoms with E-state index >= 15 is 0 Å². The van der Waals surface area contributed by atoms with Crippen LogP contribution in [-0.4, -0.2) is 19.6 Å². The van der Waals surface area contributed by atoms with Gasteiger partial charge >= 0.3 is 0 Å². The Kier molecular flexibility index (Phi) is 3.75. The fourth-order valence-corrected chi connectivity index (χ4v) is 5.23. The Morgan fingerprint density at radius 1 is 1.22 bits per heavy atom. The molecule has 0 aliphatic carbocycles. The molecule has 0 radical (unpaired) electrons. The van der Waals surface area contributed by atoms with Crippen LogP contribution in [0.5, 0.6) is 0 Å². The van der Waals surface area contributed by atoms with Gasteiger partial charge in [0.05, 0.1) is 5.02 Å². The van der Waals surface area contributed by atoms with Gasteiger partial charge in [0.1, 0.15) is 5.82 Å². The van der Waals surface area contributed by atoms with Crippen LogP contribution in [0.25, 0.3) is 15.7 Å². The number of benzene rings is 1. The number of thioether (sulfide) groups is 1. The molecule has 0 fully saturated rings. The zero-order valence-corrected chi connectivity index (χ0v) is 15.0. The first-order valence-electron chi connectivity index (χ1n) is 7.11. The van der Waals surface area contributed by atoms with Gasteiger partial charge in [-0.1, -0.05) is 41.6 Å². The van der Waals surface area contributed by atoms with Crippen molar-refractivity contribution >= 4 is 50.4 Å². The molecule has 7 heteroatoms. The Labute approximate surface area is 146 Å². The van der Waals surface area contributed by atoms with Crippen LogP contribution >= 0.6 is 34.7 Å². The molecule has 0 saturated heterocycles. The molecule has 0 amide bonds. The minimum atomic E-state index is 0.770. The van der Waals surface area contributed by atoms with Crippen LogP contribution in [0.15, 0.2) is 35.5 Å². The molecule has 0 saturated carbocycles. The van der Waals surface area contributed by atoms with Crippen molar-refractivity contribution in [1.82, 2.24) is 19.6 Å². The molecule has 0 bridgehead atoms. The Hall–Kier alpha value is -1.63. The number of fused-ring (bicyclic) bond motifs is 2. The molecule has 4 aromatic rings. The summed E-state index contributed by atoms with van der Waals surface area (Å²) in [6.07, 6.45) is 0. The third-order valence-electron chi connectivity index (χ3n) is 3.59. The molecule has 0 spiro atoms. The quantitative estimate of drug-likeness (QED) is 0.487. The van der Waals surface area contributed by atoms with Gasteiger partial charge < -0.3 is 0 Å². The maximum atomic E-state index is 6.51. The summed E-state index contributed by atoms with van der Waals surface area (Å²) < 4.78 is 3.20. The van der Waals surface area contributed by atoms with Gasteiger partial charge in [0, 0.05) is 32.5 Å². The molecule has 23 heavy (non-hydrogen) atoms. The lowest BCUT2D eigenvalue weighted by Gasteiger charge is -2.03. The molecule has 4 nitrogen and oxygen atoms in total. The van der Waals surface area contributed by atoms with Crippen molar-refractivity contribution in [2.45, 2.75) is 24.8 Å². The van der Waals surface area contributed by atoms with E-state index in [2.05, 4.69) is 27.3 Å². The Bertz CT molecular complexity index is 1020. The first-order valence-corrected chi connectivity index (χ1v) is 9.29. The first-order chi connectivity index (χ1) is 11.1. The van der Waals surface area contributed by atoms with Gasteiger partial charge in [0.2, 0.25) is 0 Å². The average Bonchev–Trinajstić information content (AvgIpc) is 3.07. The summed E-state index contributed by atoms with van der Waals surface area (Å²) in [5.74, 6) is 1.67. The molecule has 3 heterocycles. The number of halogens is 1. The van der Waals surface area contributed by atoms with E-state index in [0.717, 1.165) is 43.4 Å². The normalized spacial score (nSPS) is 11.6. The van der Waals surface area contributed by atoms with Crippen molar-refractivity contribution in [2.75, 3.05) is 0 Å². The molecule has 1 aromatic carbocycles. The summed E-state index contributed by atoms with van der Waals surface area (Å²) in [6, 6.07) is 10.2. The van der Waals surface area contributed by atoms with E-state index in [1.807, 2.05) is 36.4 Å². The molecule has 0 atom stereocenters. The van der Waals surface area contributed by atoms with E-state index in [4.69, 9.17) is 11.6 Å². The van der Waals surface area contributed by atoms with Crippen molar-refractivity contribution in [3.05, 3.63) is 51.7 Å². The summed E-state index contributed by atoms with van der Waals surface area (Å²) in [7, 11) is 0. The second-order valence-electron chi connectivity index (χ2n) is 5.24. The van der Waals surface area contributed by atoms with E-state index in [1.54, 1.807) is 23.1 Å². The van der Waals surface area contributed by atoms with Crippen LogP contribution in [-0.2, 0) is 5.75 Å². The van der Waals surface area contributed by atoms with E-state index in [1.165, 1.54) is 4.70 Å². The monoisotopic (exact) mass is 360 g/mol. The van der Waals surface area contributed by atoms with Gasteiger partial charge in [-0.3, -0.25) is 4.40 Å². The van der Waals surface area contributed by atoms with Crippen LogP contribution in [0.4, 0.5) is 0 Å². The zero-order valence-electron chi connectivity index (χ0n) is 12.6. The number of thiophene rings is 1. The lowest BCUT2D eigenvalue weighted by molar-refractivity contribution is 0.854. The highest BCUT2D eigenvalue weighted by Gasteiger charge is 2.14. The fraction of sp³-hybridized carbons (Fsp3) is 0.188. The molecule has 3 aromatic heterocycles. The van der Waals surface area contributed by atoms with Crippen LogP contribution in [0.1, 0.15) is 16.4 Å². The number of nitrogens with zero attached hydrogens (tertiary/aromatic N) is 4. The summed E-state index contributed by atoms with van der Waals surface area (Å²) in [6.45, 7) is 3.94. The molecule has 0 unspecified atom stereocenters. The highest BCUT2D eigenvalue weighted by atomic mass is 35.5. The molecule has 0 aliphatic rings. The second-order valence-corrected chi connectivity index (χ2v) is 7.70. The van der Waals surface area contributed by atoms with Crippen LogP contribution in [0.3, 0.4) is 0 Å². The predicted molar refractivity (Wildman–Crippen MR) is 96.7 cm³/mol. The van der Waals surface area contributed by atoms with Crippen LogP contribution in [0.2, 0.25) is 5.02 Å². The van der Waals surface area contributed by atoms with Crippen molar-refractivity contribution < 1.29 is 0 Å². The first kappa shape index (κ1) is 14.9. The minimum Gasteiger partial charge on any atom is -0.258 e. The second kappa shape index (κ2) is 5.78. The van der Waals surface area contributed by atoms with Crippen LogP contribution < -0.4 is 0 Å². The van der Waals surface area contributed by atoms with Gasteiger partial charge in [-0.25, -0.2) is 4.98 Å². The van der Waals surface area contributed by atoms with Gasteiger partial charge in [-0.2, -0.15) is 0 Å². The summed E-state index contributed by atoms with van der Waals surface area (Å²) in [5.41, 5.74) is 1.78. The molecule has 0 aliphatic heterocycles. The highest BCUT2D eigenvalue weighted by molar-refractivity contribution is 7.98. The molecular formula is C16H13ClN4S2. The smallest absolute Gasteiger partial charge is 0.197 e. The van der Waals surface area contributed by atoms with Crippen molar-refractivity contribution in [1.29, 1.82) is 0 Å². The van der Waals surface area contributed by atoms with Crippen LogP contribution in [0, 0.1) is 13.8 Å². The largest absolute Gasteiger partial charge is 0.258 e. The standard InChI is InChI=1S/C16H13ClN4S2/c1-9-7-14-19-20-16(21(14)10(2)18-9)22-8-13-15(17)11-5-3-4-6-12(11)23-13/h3-7H,8H2,1-2H3. The lowest BCUT2D eigenvalue weighted by atomic mass is 10.2. The summed E-state index contributed by atoms with van der Waals surface area (Å²) in [5, 5.41) is 11.3. The third-order valence-corrected chi connectivity index (χ3v) is 6.44. The maximum Gasteiger partial charge on any atom is 0.197 e. The highest BCUT2D eigenvalue weighted by Crippen LogP contribution is 2.38. The zero-order chi connectivity index (χ0) is 16.0. The molecule has 116 valence electrons. The summed E-state index contributed by atoms with van der Waals surface area (Å²) >= 11 is 9.88. The Balaban J connectivity index is 1.67. The minimum absolute atomic E-state index is 0.770. The van der Waals surface area contributed by atoms with E-state index < -0.39 is 0 Å². The van der Waals surface area contributed by atoms with Gasteiger partial charge in [-0.15, -0.1) is 21.5 Å². The lowest BCUT2D eigenvalue weighted by Crippen LogP contribution is -1.98. The number of hydrogen-bond donors (Lipinski definition) is 0. The maximum absolute atomic E-state index is 6.51. The van der Waals surface area contributed by atoms with Gasteiger partial charge in [0.15, 0.2) is 10.8 Å². The summed E-state index contributed by atoms with van der Waals surface area (Å²) in [4.78, 5) is 5.65. The van der Waals surface area contributed by atoms with Gasteiger partial charge in [-0.05, 0) is 19.9 Å². The average molecular weight is 361 g/mol. The number of hydrogen-bond acceptors (Lipinski definition) is 5. The van der Waals surface area contributed by atoms with Crippen molar-refractivity contribution in [3.8, 4) is 0 Å². The predicted octanol–water partition coefficient (Wildman–Crippen LogP) is 4.90. The number of aryl methyl sites for hydroxylation is 2. The fourth-order valence-electron chi connectivity index (χ4n) is 2.58. The van der Waals surface area contributed by atoms with E-state index in [0.29, 0.717) is 0 Å². The third kappa shape index (κ3) is 2.60. The molecule has 0 N–H and O–H groups in total. The molecular weight excluding hydrogens is 348 g/mol. The number of rotatable bonds is 3. The topological polar surface area (TPSA) is 43.1 Å². The SMILES string of the molecule is Cc1cc2nnc(SCc3sc4ccccc4c3Cl)n2c(C)n1. The van der Waals surface area contributed by atoms with E-state index in [-0.39, 0.29) is 0 Å². The van der Waals surface area contributed by atoms with Crippen molar-refractivity contribution in [2.24, 2.45) is 0 Å².